The summed E-state index contributed by atoms with van der Waals surface area (Å²) in [7, 11) is 0. The van der Waals surface area contributed by atoms with E-state index in [1.165, 1.54) is 0 Å². The van der Waals surface area contributed by atoms with Crippen LogP contribution in [-0.2, 0) is 16.0 Å². The maximum Gasteiger partial charge on any atom is 0.295 e. The van der Waals surface area contributed by atoms with Gasteiger partial charge in [-0.25, -0.2) is 0 Å². The standard InChI is InChI=1S/C32H35NO5/c1-3-5-9-21-38-27-14-10-13-25(22-27)29-28(30(34)24-15-17-26(18-16-24)37-4-2)31(35)32(36)33(29)20-19-23-11-7-6-8-12-23/h6-8,10-18,22,29,34H,3-5,9,19-21H2,1-2H3/b30-28+. The van der Waals surface area contributed by atoms with Crippen LogP contribution >= 0.6 is 0 Å². The molecule has 1 heterocycles. The minimum absolute atomic E-state index is 0.0790. The van der Waals surface area contributed by atoms with Gasteiger partial charge in [0.05, 0.1) is 24.8 Å². The Bertz CT molecular complexity index is 1270. The lowest BCUT2D eigenvalue weighted by atomic mass is 9.95. The summed E-state index contributed by atoms with van der Waals surface area (Å²) in [5.74, 6) is -0.172. The van der Waals surface area contributed by atoms with Gasteiger partial charge in [0, 0.05) is 12.1 Å². The Hall–Kier alpha value is -4.06. The van der Waals surface area contributed by atoms with Gasteiger partial charge in [-0.1, -0.05) is 62.2 Å². The van der Waals surface area contributed by atoms with Crippen LogP contribution in [0, 0.1) is 0 Å². The third-order valence-electron chi connectivity index (χ3n) is 6.65. The first-order chi connectivity index (χ1) is 18.5. The number of ether oxygens (including phenoxy) is 2. The average Bonchev–Trinajstić information content (AvgIpc) is 3.20. The van der Waals surface area contributed by atoms with Crippen LogP contribution < -0.4 is 9.47 Å². The highest BCUT2D eigenvalue weighted by atomic mass is 16.5. The van der Waals surface area contributed by atoms with Gasteiger partial charge in [-0.15, -0.1) is 0 Å². The largest absolute Gasteiger partial charge is 0.507 e. The molecule has 0 spiro atoms. The molecule has 1 aliphatic heterocycles. The molecule has 0 aliphatic carbocycles. The van der Waals surface area contributed by atoms with E-state index in [0.717, 1.165) is 30.4 Å². The van der Waals surface area contributed by atoms with Crippen LogP contribution in [0.1, 0.15) is 55.8 Å². The number of carbonyl (C=O) groups excluding carboxylic acids is 2. The van der Waals surface area contributed by atoms with Crippen molar-refractivity contribution < 1.29 is 24.2 Å². The molecule has 38 heavy (non-hydrogen) atoms. The lowest BCUT2D eigenvalue weighted by molar-refractivity contribution is -0.139. The molecule has 0 radical (unpaired) electrons. The van der Waals surface area contributed by atoms with Gasteiger partial charge in [-0.05, 0) is 67.3 Å². The molecule has 6 heteroatoms. The second-order valence-corrected chi connectivity index (χ2v) is 9.31. The molecule has 1 aliphatic rings. The molecule has 3 aromatic rings. The minimum Gasteiger partial charge on any atom is -0.507 e. The Labute approximate surface area is 224 Å². The first kappa shape index (κ1) is 27.0. The van der Waals surface area contributed by atoms with Gasteiger partial charge in [-0.3, -0.25) is 9.59 Å². The number of nitrogens with zero attached hydrogens (tertiary/aromatic N) is 1. The summed E-state index contributed by atoms with van der Waals surface area (Å²) in [5.41, 5.74) is 2.31. The zero-order chi connectivity index (χ0) is 26.9. The van der Waals surface area contributed by atoms with E-state index >= 15 is 0 Å². The number of benzene rings is 3. The van der Waals surface area contributed by atoms with Crippen LogP contribution in [0.4, 0.5) is 0 Å². The molecule has 1 amide bonds. The Kier molecular flexibility index (Phi) is 9.20. The van der Waals surface area contributed by atoms with Crippen molar-refractivity contribution in [3.8, 4) is 11.5 Å². The molecule has 3 aromatic carbocycles. The third kappa shape index (κ3) is 6.25. The predicted octanol–water partition coefficient (Wildman–Crippen LogP) is 6.32. The number of ketones is 1. The van der Waals surface area contributed by atoms with E-state index in [1.807, 2.05) is 61.5 Å². The summed E-state index contributed by atoms with van der Waals surface area (Å²) >= 11 is 0. The number of aliphatic hydroxyl groups excluding tert-OH is 1. The fourth-order valence-electron chi connectivity index (χ4n) is 4.70. The fourth-order valence-corrected chi connectivity index (χ4v) is 4.70. The van der Waals surface area contributed by atoms with Crippen molar-refractivity contribution in [3.05, 3.63) is 101 Å². The Balaban J connectivity index is 1.71. The number of unbranched alkanes of at least 4 members (excludes halogenated alkanes) is 2. The van der Waals surface area contributed by atoms with Crippen molar-refractivity contribution in [1.29, 1.82) is 0 Å². The number of likely N-dealkylation sites (tertiary alicyclic amines) is 1. The van der Waals surface area contributed by atoms with Crippen LogP contribution in [0.3, 0.4) is 0 Å². The number of Topliss-reactive ketones (excluding diaryl/α,β-unsaturated/α-hetero) is 1. The highest BCUT2D eigenvalue weighted by molar-refractivity contribution is 6.46. The second kappa shape index (κ2) is 13.0. The van der Waals surface area contributed by atoms with Crippen LogP contribution in [0.25, 0.3) is 5.76 Å². The summed E-state index contributed by atoms with van der Waals surface area (Å²) in [6.07, 6.45) is 3.72. The highest BCUT2D eigenvalue weighted by Crippen LogP contribution is 2.40. The summed E-state index contributed by atoms with van der Waals surface area (Å²) in [6, 6.07) is 23.4. The quantitative estimate of drug-likeness (QED) is 0.133. The Morgan fingerprint density at radius 1 is 0.868 bits per heavy atom. The zero-order valence-electron chi connectivity index (χ0n) is 22.1. The fraction of sp³-hybridized carbons (Fsp3) is 0.312. The van der Waals surface area contributed by atoms with E-state index in [-0.39, 0.29) is 11.3 Å². The van der Waals surface area contributed by atoms with Gasteiger partial charge in [0.25, 0.3) is 11.7 Å². The van der Waals surface area contributed by atoms with Crippen molar-refractivity contribution in [1.82, 2.24) is 4.90 Å². The molecular formula is C32H35NO5. The van der Waals surface area contributed by atoms with E-state index in [2.05, 4.69) is 6.92 Å². The normalized spacial score (nSPS) is 16.6. The van der Waals surface area contributed by atoms with E-state index in [1.54, 1.807) is 29.2 Å². The van der Waals surface area contributed by atoms with Crippen LogP contribution in [0.5, 0.6) is 11.5 Å². The number of aliphatic hydroxyl groups is 1. The summed E-state index contributed by atoms with van der Waals surface area (Å²) in [5, 5.41) is 11.3. The topological polar surface area (TPSA) is 76.1 Å². The predicted molar refractivity (Wildman–Crippen MR) is 148 cm³/mol. The maximum atomic E-state index is 13.4. The Morgan fingerprint density at radius 2 is 1.63 bits per heavy atom. The van der Waals surface area contributed by atoms with E-state index in [9.17, 15) is 14.7 Å². The first-order valence-electron chi connectivity index (χ1n) is 13.3. The maximum absolute atomic E-state index is 13.4. The average molecular weight is 514 g/mol. The summed E-state index contributed by atoms with van der Waals surface area (Å²) < 4.78 is 11.5. The SMILES string of the molecule is CCCCCOc1cccc(C2/C(=C(\O)c3ccc(OCC)cc3)C(=O)C(=O)N2CCc2ccccc2)c1. The highest BCUT2D eigenvalue weighted by Gasteiger charge is 2.46. The minimum atomic E-state index is -0.732. The number of hydrogen-bond acceptors (Lipinski definition) is 5. The number of rotatable bonds is 12. The molecule has 0 saturated carbocycles. The van der Waals surface area contributed by atoms with E-state index < -0.39 is 17.7 Å². The monoisotopic (exact) mass is 513 g/mol. The molecule has 198 valence electrons. The number of hydrogen-bond donors (Lipinski definition) is 1. The van der Waals surface area contributed by atoms with Gasteiger partial charge in [-0.2, -0.15) is 0 Å². The van der Waals surface area contributed by atoms with Crippen molar-refractivity contribution in [2.45, 2.75) is 45.6 Å². The lowest BCUT2D eigenvalue weighted by Gasteiger charge is -2.26. The molecule has 1 saturated heterocycles. The molecule has 0 bridgehead atoms. The molecule has 6 nitrogen and oxygen atoms in total. The lowest BCUT2D eigenvalue weighted by Crippen LogP contribution is -2.31. The number of amides is 1. The molecule has 1 unspecified atom stereocenters. The summed E-state index contributed by atoms with van der Waals surface area (Å²) in [4.78, 5) is 28.2. The van der Waals surface area contributed by atoms with Gasteiger partial charge in [0.15, 0.2) is 0 Å². The van der Waals surface area contributed by atoms with Crippen LogP contribution in [0.2, 0.25) is 0 Å². The molecule has 0 aromatic heterocycles. The molecule has 1 N–H and O–H groups in total. The second-order valence-electron chi connectivity index (χ2n) is 9.31. The smallest absolute Gasteiger partial charge is 0.295 e. The van der Waals surface area contributed by atoms with Gasteiger partial charge < -0.3 is 19.5 Å². The zero-order valence-corrected chi connectivity index (χ0v) is 22.1. The molecular weight excluding hydrogens is 478 g/mol. The number of carbonyl (C=O) groups is 2. The third-order valence-corrected chi connectivity index (χ3v) is 6.65. The first-order valence-corrected chi connectivity index (χ1v) is 13.3. The molecule has 1 atom stereocenters. The van der Waals surface area contributed by atoms with Gasteiger partial charge in [0.1, 0.15) is 17.3 Å². The Morgan fingerprint density at radius 3 is 2.34 bits per heavy atom. The van der Waals surface area contributed by atoms with Crippen LogP contribution in [0.15, 0.2) is 84.4 Å². The van der Waals surface area contributed by atoms with E-state index in [4.69, 9.17) is 9.47 Å². The van der Waals surface area contributed by atoms with Gasteiger partial charge >= 0.3 is 0 Å². The molecule has 1 fully saturated rings. The van der Waals surface area contributed by atoms with Crippen molar-refractivity contribution in [2.75, 3.05) is 19.8 Å². The van der Waals surface area contributed by atoms with Crippen LogP contribution in [-0.4, -0.2) is 41.5 Å². The molecule has 4 rings (SSSR count). The van der Waals surface area contributed by atoms with Crippen molar-refractivity contribution in [2.24, 2.45) is 0 Å². The van der Waals surface area contributed by atoms with Gasteiger partial charge in [0.2, 0.25) is 0 Å². The van der Waals surface area contributed by atoms with E-state index in [0.29, 0.717) is 43.2 Å². The summed E-state index contributed by atoms with van der Waals surface area (Å²) in [6.45, 7) is 5.49. The van der Waals surface area contributed by atoms with Crippen molar-refractivity contribution >= 4 is 17.4 Å². The van der Waals surface area contributed by atoms with Crippen molar-refractivity contribution in [3.63, 3.8) is 0 Å².